The molecule has 22 heavy (non-hydrogen) atoms. The lowest BCUT2D eigenvalue weighted by Crippen LogP contribution is -2.01. The van der Waals surface area contributed by atoms with E-state index in [0.717, 1.165) is 21.7 Å². The van der Waals surface area contributed by atoms with Crippen LogP contribution in [0.2, 0.25) is 0 Å². The topological polar surface area (TPSA) is 25.2 Å². The molecule has 0 aliphatic carbocycles. The van der Waals surface area contributed by atoms with Crippen LogP contribution in [0, 0.1) is 0 Å². The molecule has 0 aliphatic rings. The van der Waals surface area contributed by atoms with E-state index in [-0.39, 0.29) is 0 Å². The number of nitrogens with zero attached hydrogens (tertiary/aromatic N) is 2. The Kier molecular flexibility index (Phi) is 5.52. The van der Waals surface area contributed by atoms with Crippen LogP contribution >= 0.6 is 15.9 Å². The number of aromatic nitrogens is 1. The van der Waals surface area contributed by atoms with E-state index in [2.05, 4.69) is 66.8 Å². The molecule has 0 radical (unpaired) electrons. The highest BCUT2D eigenvalue weighted by Crippen LogP contribution is 2.35. The summed E-state index contributed by atoms with van der Waals surface area (Å²) in [5, 5.41) is 0. The Hall–Kier alpha value is -1.48. The molecule has 1 aromatic heterocycles. The number of halogens is 1. The third-order valence-electron chi connectivity index (χ3n) is 3.71. The maximum absolute atomic E-state index is 4.95. The number of para-hydroxylation sites is 1. The summed E-state index contributed by atoms with van der Waals surface area (Å²) >= 11 is 3.43. The van der Waals surface area contributed by atoms with E-state index in [4.69, 9.17) is 4.99 Å². The first-order valence-corrected chi connectivity index (χ1v) is 8.50. The van der Waals surface area contributed by atoms with Crippen molar-refractivity contribution >= 4 is 27.3 Å². The van der Waals surface area contributed by atoms with Crippen LogP contribution in [-0.4, -0.2) is 10.7 Å². The molecule has 0 atom stereocenters. The molecule has 3 heteroatoms. The molecular weight excluding hydrogens is 336 g/mol. The molecule has 0 spiro atoms. The molecule has 2 nitrogen and oxygen atoms in total. The van der Waals surface area contributed by atoms with Gasteiger partial charge in [0.25, 0.3) is 0 Å². The second-order valence-corrected chi connectivity index (χ2v) is 6.95. The van der Waals surface area contributed by atoms with E-state index in [1.165, 1.54) is 11.1 Å². The standard InChI is InChI=1S/C19H23BrN2/c1-12(2)15-8-6-9-16(13(3)4)19(15)21-14(5)17-10-7-11-18(20)22-17/h6-13H,1-5H3/b21-14-. The van der Waals surface area contributed by atoms with Crippen molar-refractivity contribution in [2.45, 2.75) is 46.5 Å². The van der Waals surface area contributed by atoms with Gasteiger partial charge >= 0.3 is 0 Å². The van der Waals surface area contributed by atoms with E-state index in [9.17, 15) is 0 Å². The Balaban J connectivity index is 2.58. The largest absolute Gasteiger partial charge is 0.251 e. The van der Waals surface area contributed by atoms with E-state index >= 15 is 0 Å². The molecule has 1 heterocycles. The van der Waals surface area contributed by atoms with Crippen molar-refractivity contribution in [3.8, 4) is 0 Å². The van der Waals surface area contributed by atoms with Gasteiger partial charge in [-0.05, 0) is 57.9 Å². The van der Waals surface area contributed by atoms with Crippen molar-refractivity contribution in [2.24, 2.45) is 4.99 Å². The Morgan fingerprint density at radius 3 is 2.00 bits per heavy atom. The Labute approximate surface area is 141 Å². The molecule has 0 aliphatic heterocycles. The second kappa shape index (κ2) is 7.19. The van der Waals surface area contributed by atoms with Crippen LogP contribution in [0.4, 0.5) is 5.69 Å². The number of hydrogen-bond acceptors (Lipinski definition) is 2. The van der Waals surface area contributed by atoms with Gasteiger partial charge in [-0.3, -0.25) is 4.99 Å². The van der Waals surface area contributed by atoms with Crippen LogP contribution in [0.25, 0.3) is 0 Å². The monoisotopic (exact) mass is 358 g/mol. The Morgan fingerprint density at radius 2 is 1.50 bits per heavy atom. The van der Waals surface area contributed by atoms with Crippen molar-refractivity contribution in [3.63, 3.8) is 0 Å². The highest BCUT2D eigenvalue weighted by molar-refractivity contribution is 9.10. The van der Waals surface area contributed by atoms with Crippen molar-refractivity contribution in [1.29, 1.82) is 0 Å². The maximum atomic E-state index is 4.95. The minimum Gasteiger partial charge on any atom is -0.251 e. The zero-order valence-corrected chi connectivity index (χ0v) is 15.5. The minimum absolute atomic E-state index is 0.445. The third-order valence-corrected chi connectivity index (χ3v) is 4.15. The summed E-state index contributed by atoms with van der Waals surface area (Å²) in [5.41, 5.74) is 5.53. The van der Waals surface area contributed by atoms with Gasteiger partial charge in [-0.25, -0.2) is 4.98 Å². The minimum atomic E-state index is 0.445. The third kappa shape index (κ3) is 3.83. The summed E-state index contributed by atoms with van der Waals surface area (Å²) in [7, 11) is 0. The second-order valence-electron chi connectivity index (χ2n) is 6.14. The molecule has 0 bridgehead atoms. The lowest BCUT2D eigenvalue weighted by Gasteiger charge is -2.17. The number of hydrogen-bond donors (Lipinski definition) is 0. The number of rotatable bonds is 4. The number of aliphatic imine (C=N–C) groups is 1. The van der Waals surface area contributed by atoms with Crippen LogP contribution in [0.5, 0.6) is 0 Å². The van der Waals surface area contributed by atoms with Crippen LogP contribution in [0.1, 0.15) is 63.3 Å². The summed E-state index contributed by atoms with van der Waals surface area (Å²) < 4.78 is 0.834. The van der Waals surface area contributed by atoms with Gasteiger partial charge < -0.3 is 0 Å². The van der Waals surface area contributed by atoms with Crippen molar-refractivity contribution < 1.29 is 0 Å². The summed E-state index contributed by atoms with van der Waals surface area (Å²) in [6, 6.07) is 12.4. The molecule has 2 rings (SSSR count). The summed E-state index contributed by atoms with van der Waals surface area (Å²) in [4.78, 5) is 9.45. The first-order valence-electron chi connectivity index (χ1n) is 7.71. The molecule has 1 aromatic carbocycles. The molecule has 0 fully saturated rings. The highest BCUT2D eigenvalue weighted by Gasteiger charge is 2.14. The van der Waals surface area contributed by atoms with Crippen LogP contribution in [-0.2, 0) is 0 Å². The van der Waals surface area contributed by atoms with E-state index in [1.807, 2.05) is 25.1 Å². The predicted octanol–water partition coefficient (Wildman–Crippen LogP) is 6.23. The van der Waals surface area contributed by atoms with Gasteiger partial charge in [-0.15, -0.1) is 0 Å². The summed E-state index contributed by atoms with van der Waals surface area (Å²) in [6.07, 6.45) is 0. The van der Waals surface area contributed by atoms with E-state index < -0.39 is 0 Å². The van der Waals surface area contributed by atoms with Crippen LogP contribution in [0.15, 0.2) is 46.0 Å². The summed E-state index contributed by atoms with van der Waals surface area (Å²) in [6.45, 7) is 10.9. The van der Waals surface area contributed by atoms with Crippen LogP contribution < -0.4 is 0 Å². The molecule has 0 N–H and O–H groups in total. The smallest absolute Gasteiger partial charge is 0.106 e. The quantitative estimate of drug-likeness (QED) is 0.469. The van der Waals surface area contributed by atoms with Gasteiger partial charge in [0.2, 0.25) is 0 Å². The first kappa shape index (κ1) is 16.9. The molecule has 0 saturated heterocycles. The number of pyridine rings is 1. The molecule has 0 saturated carbocycles. The molecule has 0 unspecified atom stereocenters. The Bertz CT molecular complexity index is 661. The normalized spacial score (nSPS) is 12.3. The highest BCUT2D eigenvalue weighted by atomic mass is 79.9. The maximum Gasteiger partial charge on any atom is 0.106 e. The lowest BCUT2D eigenvalue weighted by molar-refractivity contribution is 0.834. The van der Waals surface area contributed by atoms with Gasteiger partial charge in [-0.2, -0.15) is 0 Å². The first-order chi connectivity index (χ1) is 10.4. The zero-order chi connectivity index (χ0) is 16.3. The summed E-state index contributed by atoms with van der Waals surface area (Å²) in [5.74, 6) is 0.890. The van der Waals surface area contributed by atoms with E-state index in [0.29, 0.717) is 11.8 Å². The molecule has 0 amide bonds. The molecule has 116 valence electrons. The van der Waals surface area contributed by atoms with Gasteiger partial charge in [0.15, 0.2) is 0 Å². The Morgan fingerprint density at radius 1 is 0.955 bits per heavy atom. The molecule has 2 aromatic rings. The average Bonchev–Trinajstić information content (AvgIpc) is 2.46. The van der Waals surface area contributed by atoms with Gasteiger partial charge in [0, 0.05) is 0 Å². The fourth-order valence-electron chi connectivity index (χ4n) is 2.48. The van der Waals surface area contributed by atoms with Gasteiger partial charge in [-0.1, -0.05) is 52.0 Å². The number of benzene rings is 1. The van der Waals surface area contributed by atoms with Crippen molar-refractivity contribution in [1.82, 2.24) is 4.98 Å². The SMILES string of the molecule is C/C(=N/c1c(C(C)C)cccc1C(C)C)c1cccc(Br)n1. The fraction of sp³-hybridized carbons (Fsp3) is 0.368. The molecular formula is C19H23BrN2. The van der Waals surface area contributed by atoms with Crippen molar-refractivity contribution in [3.05, 3.63) is 57.8 Å². The zero-order valence-electron chi connectivity index (χ0n) is 13.9. The van der Waals surface area contributed by atoms with Gasteiger partial charge in [0.1, 0.15) is 4.60 Å². The van der Waals surface area contributed by atoms with Gasteiger partial charge in [0.05, 0.1) is 17.1 Å². The lowest BCUT2D eigenvalue weighted by atomic mass is 9.93. The predicted molar refractivity (Wildman–Crippen MR) is 98.4 cm³/mol. The van der Waals surface area contributed by atoms with Crippen molar-refractivity contribution in [2.75, 3.05) is 0 Å². The van der Waals surface area contributed by atoms with E-state index in [1.54, 1.807) is 0 Å². The fourth-order valence-corrected chi connectivity index (χ4v) is 2.82. The average molecular weight is 359 g/mol. The van der Waals surface area contributed by atoms with Crippen LogP contribution in [0.3, 0.4) is 0 Å².